The highest BCUT2D eigenvalue weighted by molar-refractivity contribution is 7.91. The Kier molecular flexibility index (Phi) is 5.28. The number of ketones is 1. The van der Waals surface area contributed by atoms with Gasteiger partial charge in [0.05, 0.1) is 23.3 Å². The normalized spacial score (nSPS) is 11.0. The van der Waals surface area contributed by atoms with E-state index >= 15 is 0 Å². The molecule has 23 heavy (non-hydrogen) atoms. The summed E-state index contributed by atoms with van der Waals surface area (Å²) in [7, 11) is -2.21. The molecule has 2 aromatic carbocycles. The van der Waals surface area contributed by atoms with E-state index in [2.05, 4.69) is 4.74 Å². The van der Waals surface area contributed by atoms with Crippen LogP contribution in [0.15, 0.2) is 59.5 Å². The zero-order valence-electron chi connectivity index (χ0n) is 12.6. The molecule has 0 aliphatic heterocycles. The lowest BCUT2D eigenvalue weighted by atomic mass is 10.1. The number of methoxy groups -OCH3 is 1. The molecular weight excluding hydrogens is 316 g/mol. The van der Waals surface area contributed by atoms with Gasteiger partial charge in [-0.25, -0.2) is 13.2 Å². The first-order valence-electron chi connectivity index (χ1n) is 6.93. The Morgan fingerprint density at radius 3 is 2.04 bits per heavy atom. The predicted molar refractivity (Wildman–Crippen MR) is 85.2 cm³/mol. The van der Waals surface area contributed by atoms with Crippen molar-refractivity contribution in [2.75, 3.05) is 12.9 Å². The Morgan fingerprint density at radius 1 is 0.913 bits per heavy atom. The molecule has 0 atom stereocenters. The molecule has 0 saturated heterocycles. The fraction of sp³-hybridized carbons (Fsp3) is 0.176. The second kappa shape index (κ2) is 7.19. The number of carbonyl (C=O) groups is 2. The van der Waals surface area contributed by atoms with Gasteiger partial charge in [-0.2, -0.15) is 0 Å². The molecule has 0 spiro atoms. The molecular formula is C17H16O5S. The van der Waals surface area contributed by atoms with Crippen molar-refractivity contribution in [1.29, 1.82) is 0 Å². The number of Topliss-reactive ketones (excluding diaryl/α,β-unsaturated/α-hetero) is 1. The molecule has 120 valence electrons. The van der Waals surface area contributed by atoms with Crippen molar-refractivity contribution < 1.29 is 22.7 Å². The van der Waals surface area contributed by atoms with Crippen molar-refractivity contribution in [3.05, 3.63) is 65.7 Å². The number of hydrogen-bond donors (Lipinski definition) is 0. The summed E-state index contributed by atoms with van der Waals surface area (Å²) in [5, 5.41) is 0. The molecule has 0 heterocycles. The summed E-state index contributed by atoms with van der Waals surface area (Å²) in [5.74, 6) is -1.04. The van der Waals surface area contributed by atoms with Crippen molar-refractivity contribution in [2.45, 2.75) is 11.3 Å². The van der Waals surface area contributed by atoms with Crippen molar-refractivity contribution >= 4 is 21.6 Å². The SMILES string of the molecule is COC(=O)c1ccc(C(=O)CCS(=O)(=O)c2ccccc2)cc1. The lowest BCUT2D eigenvalue weighted by Gasteiger charge is -2.05. The molecule has 0 amide bonds. The molecule has 0 radical (unpaired) electrons. The fourth-order valence-electron chi connectivity index (χ4n) is 2.03. The summed E-state index contributed by atoms with van der Waals surface area (Å²) < 4.78 is 28.8. The van der Waals surface area contributed by atoms with Crippen molar-refractivity contribution in [2.24, 2.45) is 0 Å². The number of benzene rings is 2. The molecule has 0 saturated carbocycles. The van der Waals surface area contributed by atoms with Gasteiger partial charge in [0, 0.05) is 12.0 Å². The van der Waals surface area contributed by atoms with Gasteiger partial charge in [0.25, 0.3) is 0 Å². The minimum atomic E-state index is -3.48. The standard InChI is InChI=1S/C17H16O5S/c1-22-17(19)14-9-7-13(8-10-14)16(18)11-12-23(20,21)15-5-3-2-4-6-15/h2-10H,11-12H2,1H3. The summed E-state index contributed by atoms with van der Waals surface area (Å²) in [6.45, 7) is 0. The molecule has 6 heteroatoms. The summed E-state index contributed by atoms with van der Waals surface area (Å²) in [6.07, 6.45) is -0.116. The topological polar surface area (TPSA) is 77.5 Å². The van der Waals surface area contributed by atoms with Crippen LogP contribution in [0, 0.1) is 0 Å². The highest BCUT2D eigenvalue weighted by atomic mass is 32.2. The van der Waals surface area contributed by atoms with Crippen molar-refractivity contribution in [3.63, 3.8) is 0 Å². The lowest BCUT2D eigenvalue weighted by Crippen LogP contribution is -2.12. The number of ether oxygens (including phenoxy) is 1. The van der Waals surface area contributed by atoms with Crippen LogP contribution in [0.5, 0.6) is 0 Å². The molecule has 0 fully saturated rings. The Labute approximate surface area is 134 Å². The largest absolute Gasteiger partial charge is 0.465 e. The van der Waals surface area contributed by atoms with E-state index in [4.69, 9.17) is 0 Å². The van der Waals surface area contributed by atoms with Crippen LogP contribution in [-0.2, 0) is 14.6 Å². The third kappa shape index (κ3) is 4.26. The van der Waals surface area contributed by atoms with Crippen molar-refractivity contribution in [3.8, 4) is 0 Å². The van der Waals surface area contributed by atoms with Crippen LogP contribution in [-0.4, -0.2) is 33.0 Å². The molecule has 2 rings (SSSR count). The molecule has 0 N–H and O–H groups in total. The van der Waals surface area contributed by atoms with Crippen LogP contribution >= 0.6 is 0 Å². The number of carbonyl (C=O) groups excluding carboxylic acids is 2. The van der Waals surface area contributed by atoms with E-state index in [1.807, 2.05) is 0 Å². The van der Waals surface area contributed by atoms with E-state index in [0.717, 1.165) is 0 Å². The van der Waals surface area contributed by atoms with E-state index < -0.39 is 15.8 Å². The van der Waals surface area contributed by atoms with Crippen molar-refractivity contribution in [1.82, 2.24) is 0 Å². The van der Waals surface area contributed by atoms with Crippen LogP contribution < -0.4 is 0 Å². The van der Waals surface area contributed by atoms with Gasteiger partial charge in [-0.15, -0.1) is 0 Å². The van der Waals surface area contributed by atoms with Crippen LogP contribution in [0.2, 0.25) is 0 Å². The van der Waals surface area contributed by atoms with Gasteiger partial charge >= 0.3 is 5.97 Å². The Morgan fingerprint density at radius 2 is 1.48 bits per heavy atom. The third-order valence-electron chi connectivity index (χ3n) is 3.33. The highest BCUT2D eigenvalue weighted by Gasteiger charge is 2.17. The van der Waals surface area contributed by atoms with E-state index in [9.17, 15) is 18.0 Å². The number of esters is 1. The molecule has 2 aromatic rings. The Bertz CT molecular complexity index is 793. The van der Waals surface area contributed by atoms with E-state index in [1.54, 1.807) is 18.2 Å². The van der Waals surface area contributed by atoms with E-state index in [-0.39, 0.29) is 22.9 Å². The summed E-state index contributed by atoms with van der Waals surface area (Å²) in [4.78, 5) is 23.6. The number of sulfone groups is 1. The molecule has 5 nitrogen and oxygen atoms in total. The maximum Gasteiger partial charge on any atom is 0.337 e. The monoisotopic (exact) mass is 332 g/mol. The minimum absolute atomic E-state index is 0.116. The van der Waals surface area contributed by atoms with Gasteiger partial charge in [-0.05, 0) is 24.3 Å². The lowest BCUT2D eigenvalue weighted by molar-refractivity contribution is 0.0600. The predicted octanol–water partition coefficient (Wildman–Crippen LogP) is 2.52. The Balaban J connectivity index is 2.04. The van der Waals surface area contributed by atoms with Gasteiger partial charge in [-0.3, -0.25) is 4.79 Å². The molecule has 0 aliphatic carbocycles. The third-order valence-corrected chi connectivity index (χ3v) is 5.06. The summed E-state index contributed by atoms with van der Waals surface area (Å²) in [6, 6.07) is 14.0. The number of hydrogen-bond acceptors (Lipinski definition) is 5. The summed E-state index contributed by atoms with van der Waals surface area (Å²) >= 11 is 0. The maximum absolute atomic E-state index is 12.1. The average Bonchev–Trinajstić information content (AvgIpc) is 2.60. The van der Waals surface area contributed by atoms with Crippen LogP contribution in [0.25, 0.3) is 0 Å². The van der Waals surface area contributed by atoms with Gasteiger partial charge in [-0.1, -0.05) is 30.3 Å². The fourth-order valence-corrected chi connectivity index (χ4v) is 3.29. The zero-order chi connectivity index (χ0) is 16.9. The van der Waals surface area contributed by atoms with Gasteiger partial charge in [0.1, 0.15) is 0 Å². The highest BCUT2D eigenvalue weighted by Crippen LogP contribution is 2.14. The van der Waals surface area contributed by atoms with Gasteiger partial charge < -0.3 is 4.74 Å². The smallest absolute Gasteiger partial charge is 0.337 e. The van der Waals surface area contributed by atoms with Crippen LogP contribution in [0.1, 0.15) is 27.1 Å². The minimum Gasteiger partial charge on any atom is -0.465 e. The molecule has 0 bridgehead atoms. The van der Waals surface area contributed by atoms with E-state index in [0.29, 0.717) is 11.1 Å². The molecule has 0 aromatic heterocycles. The zero-order valence-corrected chi connectivity index (χ0v) is 13.4. The van der Waals surface area contributed by atoms with Gasteiger partial charge in [0.15, 0.2) is 15.6 Å². The molecule has 0 aliphatic rings. The first-order chi connectivity index (χ1) is 10.9. The first kappa shape index (κ1) is 16.9. The second-order valence-electron chi connectivity index (χ2n) is 4.87. The average molecular weight is 332 g/mol. The quantitative estimate of drug-likeness (QED) is 0.600. The first-order valence-corrected chi connectivity index (χ1v) is 8.58. The molecule has 0 unspecified atom stereocenters. The van der Waals surface area contributed by atoms with Crippen LogP contribution in [0.3, 0.4) is 0 Å². The second-order valence-corrected chi connectivity index (χ2v) is 6.98. The van der Waals surface area contributed by atoms with E-state index in [1.165, 1.54) is 43.5 Å². The van der Waals surface area contributed by atoms with Gasteiger partial charge in [0.2, 0.25) is 0 Å². The maximum atomic E-state index is 12.1. The Hall–Kier alpha value is -2.47. The number of rotatable bonds is 6. The van der Waals surface area contributed by atoms with Crippen LogP contribution in [0.4, 0.5) is 0 Å². The summed E-state index contributed by atoms with van der Waals surface area (Å²) in [5.41, 5.74) is 0.696.